The van der Waals surface area contributed by atoms with Gasteiger partial charge in [0.2, 0.25) is 0 Å². The largest absolute Gasteiger partial charge is 0.307 e. The number of halogens is 2. The van der Waals surface area contributed by atoms with Gasteiger partial charge in [-0.25, -0.2) is 0 Å². The molecule has 0 bridgehead atoms. The number of hydrogen-bond acceptors (Lipinski definition) is 2. The number of rotatable bonds is 2. The van der Waals surface area contributed by atoms with Gasteiger partial charge >= 0.3 is 0 Å². The molecule has 0 saturated carbocycles. The van der Waals surface area contributed by atoms with Crippen LogP contribution in [0.25, 0.3) is 0 Å². The molecule has 1 aromatic heterocycles. The first-order chi connectivity index (χ1) is 8.08. The van der Waals surface area contributed by atoms with Gasteiger partial charge in [-0.15, -0.1) is 0 Å². The van der Waals surface area contributed by atoms with Crippen LogP contribution >= 0.6 is 27.5 Å². The molecule has 0 unspecified atom stereocenters. The fourth-order valence-electron chi connectivity index (χ4n) is 1.30. The van der Waals surface area contributed by atoms with Gasteiger partial charge in [0.25, 0.3) is 5.91 Å². The van der Waals surface area contributed by atoms with E-state index in [0.29, 0.717) is 16.4 Å². The van der Waals surface area contributed by atoms with Crippen molar-refractivity contribution in [1.29, 1.82) is 0 Å². The molecule has 2 aromatic rings. The van der Waals surface area contributed by atoms with E-state index >= 15 is 0 Å². The average molecular weight is 315 g/mol. The Morgan fingerprint density at radius 1 is 1.53 bits per heavy atom. The Hall–Kier alpha value is -1.33. The summed E-state index contributed by atoms with van der Waals surface area (Å²) in [5.41, 5.74) is 1.37. The Labute approximate surface area is 111 Å². The fourth-order valence-corrected chi connectivity index (χ4v) is 1.72. The fraction of sp³-hybridized carbons (Fsp3) is 0.0909. The summed E-state index contributed by atoms with van der Waals surface area (Å²) in [6.45, 7) is 1.85. The van der Waals surface area contributed by atoms with Crippen molar-refractivity contribution >= 4 is 39.3 Å². The van der Waals surface area contributed by atoms with Crippen LogP contribution in [0.15, 0.2) is 28.9 Å². The highest BCUT2D eigenvalue weighted by Gasteiger charge is 2.10. The number of aromatic amines is 1. The first-order valence-electron chi connectivity index (χ1n) is 4.84. The molecule has 1 heterocycles. The van der Waals surface area contributed by atoms with Crippen LogP contribution in [-0.4, -0.2) is 16.1 Å². The van der Waals surface area contributed by atoms with Crippen molar-refractivity contribution < 1.29 is 4.79 Å². The Bertz CT molecular complexity index is 568. The SMILES string of the molecule is Cc1cn[nH]c1NC(=O)c1ccc(Br)c(Cl)c1. The van der Waals surface area contributed by atoms with Gasteiger partial charge in [0.05, 0.1) is 11.2 Å². The second-order valence-electron chi connectivity index (χ2n) is 3.51. The lowest BCUT2D eigenvalue weighted by Gasteiger charge is -2.04. The molecule has 17 heavy (non-hydrogen) atoms. The summed E-state index contributed by atoms with van der Waals surface area (Å²) in [6.07, 6.45) is 1.64. The third kappa shape index (κ3) is 2.68. The lowest BCUT2D eigenvalue weighted by atomic mass is 10.2. The molecular weight excluding hydrogens is 305 g/mol. The van der Waals surface area contributed by atoms with E-state index < -0.39 is 0 Å². The monoisotopic (exact) mass is 313 g/mol. The van der Waals surface area contributed by atoms with E-state index in [2.05, 4.69) is 31.4 Å². The molecule has 2 rings (SSSR count). The maximum Gasteiger partial charge on any atom is 0.256 e. The summed E-state index contributed by atoms with van der Waals surface area (Å²) in [7, 11) is 0. The molecule has 0 aliphatic carbocycles. The van der Waals surface area contributed by atoms with Gasteiger partial charge < -0.3 is 5.32 Å². The van der Waals surface area contributed by atoms with Gasteiger partial charge in [-0.2, -0.15) is 5.10 Å². The summed E-state index contributed by atoms with van der Waals surface area (Å²) in [5, 5.41) is 9.76. The summed E-state index contributed by atoms with van der Waals surface area (Å²) in [4.78, 5) is 11.9. The topological polar surface area (TPSA) is 57.8 Å². The van der Waals surface area contributed by atoms with E-state index in [1.54, 1.807) is 24.4 Å². The minimum Gasteiger partial charge on any atom is -0.307 e. The third-order valence-corrected chi connectivity index (χ3v) is 3.48. The number of hydrogen-bond donors (Lipinski definition) is 2. The van der Waals surface area contributed by atoms with Crippen molar-refractivity contribution in [3.63, 3.8) is 0 Å². The van der Waals surface area contributed by atoms with Gasteiger partial charge in [-0.05, 0) is 41.1 Å². The van der Waals surface area contributed by atoms with Crippen molar-refractivity contribution in [3.05, 3.63) is 45.0 Å². The smallest absolute Gasteiger partial charge is 0.256 e. The van der Waals surface area contributed by atoms with E-state index in [1.165, 1.54) is 0 Å². The van der Waals surface area contributed by atoms with E-state index in [0.717, 1.165) is 10.0 Å². The Morgan fingerprint density at radius 3 is 2.88 bits per heavy atom. The number of carbonyl (C=O) groups is 1. The molecule has 0 spiro atoms. The molecule has 0 radical (unpaired) electrons. The quantitative estimate of drug-likeness (QED) is 0.892. The number of nitrogens with zero attached hydrogens (tertiary/aromatic N) is 1. The number of H-pyrrole nitrogens is 1. The van der Waals surface area contributed by atoms with E-state index in [4.69, 9.17) is 11.6 Å². The van der Waals surface area contributed by atoms with Crippen LogP contribution in [0.1, 0.15) is 15.9 Å². The standard InChI is InChI=1S/C11H9BrClN3O/c1-6-5-14-16-10(6)15-11(17)7-2-3-8(12)9(13)4-7/h2-5H,1H3,(H2,14,15,16,17). The predicted octanol–water partition coefficient (Wildman–Crippen LogP) is 3.39. The first kappa shape index (κ1) is 12.1. The first-order valence-corrected chi connectivity index (χ1v) is 6.01. The number of aromatic nitrogens is 2. The summed E-state index contributed by atoms with van der Waals surface area (Å²) in [6, 6.07) is 5.03. The Morgan fingerprint density at radius 2 is 2.29 bits per heavy atom. The second-order valence-corrected chi connectivity index (χ2v) is 4.77. The van der Waals surface area contributed by atoms with Crippen LogP contribution in [0.5, 0.6) is 0 Å². The van der Waals surface area contributed by atoms with E-state index in [-0.39, 0.29) is 5.91 Å². The van der Waals surface area contributed by atoms with Crippen LogP contribution in [0.3, 0.4) is 0 Å². The zero-order chi connectivity index (χ0) is 12.4. The number of nitrogens with one attached hydrogen (secondary N) is 2. The minimum atomic E-state index is -0.230. The number of anilines is 1. The molecule has 4 nitrogen and oxygen atoms in total. The van der Waals surface area contributed by atoms with Crippen LogP contribution in [0, 0.1) is 6.92 Å². The normalized spacial score (nSPS) is 10.3. The predicted molar refractivity (Wildman–Crippen MR) is 70.4 cm³/mol. The Kier molecular flexibility index (Phi) is 3.49. The second kappa shape index (κ2) is 4.89. The van der Waals surface area contributed by atoms with Crippen molar-refractivity contribution in [2.75, 3.05) is 5.32 Å². The lowest BCUT2D eigenvalue weighted by Crippen LogP contribution is -2.12. The van der Waals surface area contributed by atoms with E-state index in [9.17, 15) is 4.79 Å². The van der Waals surface area contributed by atoms with Gasteiger partial charge in [-0.3, -0.25) is 9.89 Å². The summed E-state index contributed by atoms with van der Waals surface area (Å²) >= 11 is 9.19. The molecule has 0 saturated heterocycles. The van der Waals surface area contributed by atoms with Crippen LogP contribution in [-0.2, 0) is 0 Å². The van der Waals surface area contributed by atoms with Crippen LogP contribution in [0.4, 0.5) is 5.82 Å². The molecular formula is C11H9BrClN3O. The average Bonchev–Trinajstić information content (AvgIpc) is 2.68. The molecule has 1 aromatic carbocycles. The number of amides is 1. The number of aryl methyl sites for hydroxylation is 1. The van der Waals surface area contributed by atoms with Crippen LogP contribution < -0.4 is 5.32 Å². The zero-order valence-corrected chi connectivity index (χ0v) is 11.3. The van der Waals surface area contributed by atoms with Crippen LogP contribution in [0.2, 0.25) is 5.02 Å². The molecule has 88 valence electrons. The molecule has 2 N–H and O–H groups in total. The maximum atomic E-state index is 11.9. The highest BCUT2D eigenvalue weighted by atomic mass is 79.9. The van der Waals surface area contributed by atoms with Crippen molar-refractivity contribution in [2.24, 2.45) is 0 Å². The van der Waals surface area contributed by atoms with Crippen molar-refractivity contribution in [3.8, 4) is 0 Å². The molecule has 1 amide bonds. The van der Waals surface area contributed by atoms with Gasteiger partial charge in [0.1, 0.15) is 5.82 Å². The molecule has 0 aliphatic rings. The third-order valence-electron chi connectivity index (χ3n) is 2.25. The van der Waals surface area contributed by atoms with E-state index in [1.807, 2.05) is 6.92 Å². The van der Waals surface area contributed by atoms with Crippen molar-refractivity contribution in [1.82, 2.24) is 10.2 Å². The summed E-state index contributed by atoms with van der Waals surface area (Å²) < 4.78 is 0.758. The van der Waals surface area contributed by atoms with Gasteiger partial charge in [-0.1, -0.05) is 11.6 Å². The highest BCUT2D eigenvalue weighted by Crippen LogP contribution is 2.23. The molecule has 0 fully saturated rings. The number of benzene rings is 1. The van der Waals surface area contributed by atoms with Crippen molar-refractivity contribution in [2.45, 2.75) is 6.92 Å². The summed E-state index contributed by atoms with van der Waals surface area (Å²) in [5.74, 6) is 0.362. The number of carbonyl (C=O) groups excluding carboxylic acids is 1. The Balaban J connectivity index is 2.20. The van der Waals surface area contributed by atoms with Gasteiger partial charge in [0, 0.05) is 15.6 Å². The maximum absolute atomic E-state index is 11.9. The minimum absolute atomic E-state index is 0.230. The molecule has 0 aliphatic heterocycles. The molecule has 0 atom stereocenters. The van der Waals surface area contributed by atoms with Gasteiger partial charge in [0.15, 0.2) is 0 Å². The highest BCUT2D eigenvalue weighted by molar-refractivity contribution is 9.10. The molecule has 6 heteroatoms. The lowest BCUT2D eigenvalue weighted by molar-refractivity contribution is 0.102. The zero-order valence-electron chi connectivity index (χ0n) is 8.92.